The molecule has 0 aliphatic carbocycles. The Morgan fingerprint density at radius 2 is 1.81 bits per heavy atom. The van der Waals surface area contributed by atoms with Crippen LogP contribution in [0.3, 0.4) is 0 Å². The van der Waals surface area contributed by atoms with Crippen molar-refractivity contribution in [2.24, 2.45) is 0 Å². The lowest BCUT2D eigenvalue weighted by Crippen LogP contribution is -2.28. The summed E-state index contributed by atoms with van der Waals surface area (Å²) in [5, 5.41) is 5.79. The van der Waals surface area contributed by atoms with Crippen LogP contribution in [0.5, 0.6) is 5.75 Å². The van der Waals surface area contributed by atoms with Crippen molar-refractivity contribution in [3.8, 4) is 5.75 Å². The van der Waals surface area contributed by atoms with Crippen LogP contribution >= 0.6 is 0 Å². The first kappa shape index (κ1) is 20.7. The normalized spacial score (nSPS) is 11.1. The molecule has 1 amide bonds. The molecule has 27 heavy (non-hydrogen) atoms. The molecule has 0 aliphatic heterocycles. The third-order valence-electron chi connectivity index (χ3n) is 4.08. The van der Waals surface area contributed by atoms with Crippen molar-refractivity contribution >= 4 is 21.6 Å². The minimum absolute atomic E-state index is 0.0590. The Kier molecular flexibility index (Phi) is 7.20. The minimum Gasteiger partial charge on any atom is -0.497 e. The van der Waals surface area contributed by atoms with Crippen LogP contribution in [0.25, 0.3) is 0 Å². The van der Waals surface area contributed by atoms with E-state index >= 15 is 0 Å². The van der Waals surface area contributed by atoms with Crippen LogP contribution in [0.2, 0.25) is 0 Å². The van der Waals surface area contributed by atoms with E-state index in [4.69, 9.17) is 4.74 Å². The molecule has 0 radical (unpaired) electrons. The number of hydrogen-bond donors (Lipinski definition) is 2. The fourth-order valence-corrected chi connectivity index (χ4v) is 3.70. The molecule has 2 rings (SSSR count). The molecule has 0 spiro atoms. The zero-order chi connectivity index (χ0) is 19.9. The van der Waals surface area contributed by atoms with Gasteiger partial charge in [0.25, 0.3) is 15.9 Å². The third-order valence-corrected chi connectivity index (χ3v) is 5.86. The van der Waals surface area contributed by atoms with Crippen LogP contribution in [-0.4, -0.2) is 48.6 Å². The summed E-state index contributed by atoms with van der Waals surface area (Å²) in [6, 6.07) is 12.7. The van der Waals surface area contributed by atoms with E-state index in [9.17, 15) is 13.2 Å². The second-order valence-electron chi connectivity index (χ2n) is 5.91. The third kappa shape index (κ3) is 5.21. The number of ether oxygens (including phenoxy) is 1. The van der Waals surface area contributed by atoms with Crippen molar-refractivity contribution < 1.29 is 17.9 Å². The molecular weight excluding hydrogens is 366 g/mol. The van der Waals surface area contributed by atoms with E-state index in [1.165, 1.54) is 23.5 Å². The van der Waals surface area contributed by atoms with Crippen LogP contribution in [0.15, 0.2) is 53.4 Å². The summed E-state index contributed by atoms with van der Waals surface area (Å²) < 4.78 is 32.1. The number of hydrogen-bond acceptors (Lipinski definition) is 5. The van der Waals surface area contributed by atoms with Crippen LogP contribution in [0.1, 0.15) is 16.8 Å². The summed E-state index contributed by atoms with van der Waals surface area (Å²) in [6.45, 7) is 1.31. The van der Waals surface area contributed by atoms with Gasteiger partial charge in [0.2, 0.25) is 0 Å². The number of nitrogens with one attached hydrogen (secondary N) is 2. The molecule has 2 aromatic carbocycles. The van der Waals surface area contributed by atoms with Crippen molar-refractivity contribution in [1.82, 2.24) is 10.6 Å². The number of anilines is 1. The first-order valence-electron chi connectivity index (χ1n) is 8.56. The van der Waals surface area contributed by atoms with Gasteiger partial charge in [-0.2, -0.15) is 0 Å². The van der Waals surface area contributed by atoms with Crippen molar-refractivity contribution in [3.05, 3.63) is 54.1 Å². The van der Waals surface area contributed by atoms with Gasteiger partial charge in [0.1, 0.15) is 5.75 Å². The van der Waals surface area contributed by atoms with Gasteiger partial charge in [0.15, 0.2) is 0 Å². The minimum atomic E-state index is -3.79. The number of carbonyl (C=O) groups is 1. The number of methoxy groups -OCH3 is 1. The summed E-state index contributed by atoms with van der Waals surface area (Å²) in [7, 11) is 1.07. The lowest BCUT2D eigenvalue weighted by molar-refractivity contribution is 0.0953. The summed E-state index contributed by atoms with van der Waals surface area (Å²) in [4.78, 5) is 12.3. The van der Waals surface area contributed by atoms with Gasteiger partial charge in [0, 0.05) is 19.2 Å². The highest BCUT2D eigenvalue weighted by atomic mass is 32.2. The van der Waals surface area contributed by atoms with Gasteiger partial charge in [0.05, 0.1) is 17.7 Å². The van der Waals surface area contributed by atoms with Gasteiger partial charge < -0.3 is 15.4 Å². The Hall–Kier alpha value is -2.58. The molecule has 2 aromatic rings. The van der Waals surface area contributed by atoms with Crippen LogP contribution in [-0.2, 0) is 10.0 Å². The maximum absolute atomic E-state index is 12.9. The molecule has 0 atom stereocenters. The van der Waals surface area contributed by atoms with Crippen molar-refractivity contribution in [1.29, 1.82) is 0 Å². The summed E-state index contributed by atoms with van der Waals surface area (Å²) in [5.41, 5.74) is 0.807. The Morgan fingerprint density at radius 3 is 2.44 bits per heavy atom. The van der Waals surface area contributed by atoms with Gasteiger partial charge in [-0.3, -0.25) is 9.10 Å². The van der Waals surface area contributed by atoms with E-state index in [1.807, 2.05) is 7.05 Å². The Morgan fingerprint density at radius 1 is 1.11 bits per heavy atom. The number of nitrogens with zero attached hydrogens (tertiary/aromatic N) is 1. The molecule has 0 aromatic heterocycles. The molecule has 0 saturated heterocycles. The largest absolute Gasteiger partial charge is 0.497 e. The van der Waals surface area contributed by atoms with Crippen LogP contribution in [0, 0.1) is 0 Å². The van der Waals surface area contributed by atoms with E-state index in [0.29, 0.717) is 23.5 Å². The Labute approximate surface area is 160 Å². The van der Waals surface area contributed by atoms with Crippen LogP contribution < -0.4 is 19.7 Å². The Balaban J connectivity index is 2.18. The number of sulfonamides is 1. The van der Waals surface area contributed by atoms with E-state index in [-0.39, 0.29) is 10.8 Å². The highest BCUT2D eigenvalue weighted by molar-refractivity contribution is 7.92. The predicted octanol–water partition coefficient (Wildman–Crippen LogP) is 1.86. The fraction of sp³-hybridized carbons (Fsp3) is 0.316. The molecule has 0 unspecified atom stereocenters. The highest BCUT2D eigenvalue weighted by Gasteiger charge is 2.22. The molecule has 7 nitrogen and oxygen atoms in total. The monoisotopic (exact) mass is 391 g/mol. The predicted molar refractivity (Wildman–Crippen MR) is 106 cm³/mol. The molecule has 146 valence electrons. The number of amides is 1. The second-order valence-corrected chi connectivity index (χ2v) is 7.88. The van der Waals surface area contributed by atoms with Crippen molar-refractivity contribution in [2.45, 2.75) is 11.3 Å². The molecule has 0 saturated carbocycles. The zero-order valence-electron chi connectivity index (χ0n) is 15.7. The standard InChI is InChI=1S/C19H25N3O4S/c1-20-12-5-13-21-19(23)15-6-4-7-18(14-15)27(24,25)22(2)16-8-10-17(26-3)11-9-16/h4,6-11,14,20H,5,12-13H2,1-3H3,(H,21,23). The fourth-order valence-electron chi connectivity index (χ4n) is 2.46. The molecule has 2 N–H and O–H groups in total. The topological polar surface area (TPSA) is 87.7 Å². The average Bonchev–Trinajstić information content (AvgIpc) is 2.70. The number of carbonyl (C=O) groups excluding carboxylic acids is 1. The SMILES string of the molecule is CNCCCNC(=O)c1cccc(S(=O)(=O)N(C)c2ccc(OC)cc2)c1. The maximum Gasteiger partial charge on any atom is 0.264 e. The van der Waals surface area contributed by atoms with Gasteiger partial charge in [-0.15, -0.1) is 0 Å². The number of benzene rings is 2. The average molecular weight is 391 g/mol. The summed E-state index contributed by atoms with van der Waals surface area (Å²) in [6.07, 6.45) is 0.792. The maximum atomic E-state index is 12.9. The molecule has 0 heterocycles. The highest BCUT2D eigenvalue weighted by Crippen LogP contribution is 2.24. The van der Waals surface area contributed by atoms with Gasteiger partial charge in [-0.05, 0) is 62.5 Å². The van der Waals surface area contributed by atoms with E-state index in [2.05, 4.69) is 10.6 Å². The van der Waals surface area contributed by atoms with E-state index in [1.54, 1.807) is 43.5 Å². The first-order valence-corrected chi connectivity index (χ1v) is 10.00. The molecule has 8 heteroatoms. The van der Waals surface area contributed by atoms with Gasteiger partial charge in [-0.1, -0.05) is 6.07 Å². The lowest BCUT2D eigenvalue weighted by atomic mass is 10.2. The molecule has 0 aliphatic rings. The smallest absolute Gasteiger partial charge is 0.264 e. The van der Waals surface area contributed by atoms with E-state index in [0.717, 1.165) is 13.0 Å². The Bertz CT molecular complexity index is 867. The van der Waals surface area contributed by atoms with Crippen molar-refractivity contribution in [3.63, 3.8) is 0 Å². The van der Waals surface area contributed by atoms with Gasteiger partial charge in [-0.25, -0.2) is 8.42 Å². The first-order chi connectivity index (χ1) is 12.9. The quantitative estimate of drug-likeness (QED) is 0.637. The van der Waals surface area contributed by atoms with Gasteiger partial charge >= 0.3 is 0 Å². The summed E-state index contributed by atoms with van der Waals surface area (Å²) in [5.74, 6) is 0.344. The molecular formula is C19H25N3O4S. The molecule has 0 bridgehead atoms. The second kappa shape index (κ2) is 9.38. The van der Waals surface area contributed by atoms with E-state index < -0.39 is 10.0 Å². The molecule has 0 fully saturated rings. The van der Waals surface area contributed by atoms with Crippen molar-refractivity contribution in [2.75, 3.05) is 38.6 Å². The van der Waals surface area contributed by atoms with Crippen LogP contribution in [0.4, 0.5) is 5.69 Å². The zero-order valence-corrected chi connectivity index (χ0v) is 16.5. The number of rotatable bonds is 9. The lowest BCUT2D eigenvalue weighted by Gasteiger charge is -2.20. The summed E-state index contributed by atoms with van der Waals surface area (Å²) >= 11 is 0.